The van der Waals surface area contributed by atoms with Crippen LogP contribution in [0.25, 0.3) is 0 Å². The van der Waals surface area contributed by atoms with Crippen molar-refractivity contribution in [2.24, 2.45) is 23.7 Å². The summed E-state index contributed by atoms with van der Waals surface area (Å²) in [4.78, 5) is 12.5. The first-order chi connectivity index (χ1) is 12.0. The Bertz CT molecular complexity index is 589. The number of rotatable bonds is 2. The SMILES string of the molecule is COC(=O)C1C(O)CC2(OCCO2)[C@@]23O[C@@H]2[C@H](OC)[C@H]2C[C@@H]1[C@@H]3C2O. The lowest BCUT2D eigenvalue weighted by atomic mass is 9.70. The maximum atomic E-state index is 12.5. The van der Waals surface area contributed by atoms with Crippen molar-refractivity contribution in [2.75, 3.05) is 27.4 Å². The van der Waals surface area contributed by atoms with Gasteiger partial charge in [-0.1, -0.05) is 0 Å². The van der Waals surface area contributed by atoms with Gasteiger partial charge in [-0.2, -0.15) is 0 Å². The van der Waals surface area contributed by atoms with E-state index in [4.69, 9.17) is 23.7 Å². The molecule has 3 unspecified atom stereocenters. The lowest BCUT2D eigenvalue weighted by Crippen LogP contribution is -2.60. The van der Waals surface area contributed by atoms with Gasteiger partial charge in [0.15, 0.2) is 5.60 Å². The van der Waals surface area contributed by atoms with E-state index in [-0.39, 0.29) is 36.4 Å². The van der Waals surface area contributed by atoms with Gasteiger partial charge in [0.2, 0.25) is 5.79 Å². The molecular weight excluding hydrogens is 332 g/mol. The maximum Gasteiger partial charge on any atom is 0.311 e. The third kappa shape index (κ3) is 1.76. The van der Waals surface area contributed by atoms with Gasteiger partial charge in [0, 0.05) is 25.4 Å². The van der Waals surface area contributed by atoms with Crippen LogP contribution < -0.4 is 0 Å². The molecule has 25 heavy (non-hydrogen) atoms. The quantitative estimate of drug-likeness (QED) is 0.482. The highest BCUT2D eigenvalue weighted by Crippen LogP contribution is 2.70. The van der Waals surface area contributed by atoms with Gasteiger partial charge in [-0.3, -0.25) is 4.79 Å². The molecule has 3 saturated carbocycles. The smallest absolute Gasteiger partial charge is 0.311 e. The van der Waals surface area contributed by atoms with E-state index in [1.165, 1.54) is 7.11 Å². The minimum absolute atomic E-state index is 0.115. The van der Waals surface area contributed by atoms with Crippen molar-refractivity contribution in [3.05, 3.63) is 0 Å². The highest BCUT2D eigenvalue weighted by atomic mass is 16.8. The number of epoxide rings is 1. The maximum absolute atomic E-state index is 12.5. The molecule has 5 aliphatic rings. The third-order valence-electron chi connectivity index (χ3n) is 7.16. The Hall–Kier alpha value is -0.770. The van der Waals surface area contributed by atoms with E-state index in [1.807, 2.05) is 0 Å². The molecule has 2 aliphatic heterocycles. The summed E-state index contributed by atoms with van der Waals surface area (Å²) in [5, 5.41) is 21.9. The van der Waals surface area contributed by atoms with Crippen molar-refractivity contribution in [1.29, 1.82) is 0 Å². The van der Waals surface area contributed by atoms with Crippen LogP contribution in [0.3, 0.4) is 0 Å². The van der Waals surface area contributed by atoms with Crippen molar-refractivity contribution in [3.8, 4) is 0 Å². The second kappa shape index (κ2) is 5.15. The molecule has 0 aromatic carbocycles. The van der Waals surface area contributed by atoms with E-state index in [1.54, 1.807) is 7.11 Å². The Kier molecular flexibility index (Phi) is 3.38. The number of aliphatic hydroxyl groups excluding tert-OH is 2. The van der Waals surface area contributed by atoms with Crippen molar-refractivity contribution in [3.63, 3.8) is 0 Å². The fourth-order valence-electron chi connectivity index (χ4n) is 6.34. The van der Waals surface area contributed by atoms with Gasteiger partial charge in [0.25, 0.3) is 0 Å². The molecule has 0 aromatic heterocycles. The molecule has 5 fully saturated rings. The Morgan fingerprint density at radius 1 is 1.16 bits per heavy atom. The highest BCUT2D eigenvalue weighted by Gasteiger charge is 2.86. The Morgan fingerprint density at radius 2 is 1.88 bits per heavy atom. The average molecular weight is 356 g/mol. The van der Waals surface area contributed by atoms with Gasteiger partial charge >= 0.3 is 5.97 Å². The zero-order valence-corrected chi connectivity index (χ0v) is 14.3. The van der Waals surface area contributed by atoms with E-state index in [9.17, 15) is 15.0 Å². The van der Waals surface area contributed by atoms with Crippen LogP contribution in [0.5, 0.6) is 0 Å². The van der Waals surface area contributed by atoms with Gasteiger partial charge in [0.05, 0.1) is 44.6 Å². The second-order valence-corrected chi connectivity index (χ2v) is 7.88. The largest absolute Gasteiger partial charge is 0.469 e. The van der Waals surface area contributed by atoms with E-state index in [0.717, 1.165) is 0 Å². The molecule has 2 saturated heterocycles. The van der Waals surface area contributed by atoms with Crippen molar-refractivity contribution >= 4 is 5.97 Å². The molecule has 0 aromatic rings. The first-order valence-electron chi connectivity index (χ1n) is 8.93. The van der Waals surface area contributed by atoms with E-state index in [0.29, 0.717) is 19.6 Å². The van der Waals surface area contributed by atoms with Crippen LogP contribution in [0.15, 0.2) is 0 Å². The fourth-order valence-corrected chi connectivity index (χ4v) is 6.34. The number of ether oxygens (including phenoxy) is 5. The van der Waals surface area contributed by atoms with Crippen LogP contribution in [0.1, 0.15) is 12.8 Å². The minimum atomic E-state index is -1.16. The zero-order chi connectivity index (χ0) is 17.6. The van der Waals surface area contributed by atoms with Gasteiger partial charge in [0.1, 0.15) is 6.10 Å². The lowest BCUT2D eigenvalue weighted by molar-refractivity contribution is -0.236. The van der Waals surface area contributed by atoms with Gasteiger partial charge in [-0.15, -0.1) is 0 Å². The van der Waals surface area contributed by atoms with Crippen LogP contribution in [0, 0.1) is 23.7 Å². The van der Waals surface area contributed by atoms with Gasteiger partial charge < -0.3 is 33.9 Å². The number of hydrogen-bond acceptors (Lipinski definition) is 8. The topological polar surface area (TPSA) is 107 Å². The number of methoxy groups -OCH3 is 2. The second-order valence-electron chi connectivity index (χ2n) is 7.88. The van der Waals surface area contributed by atoms with Crippen LogP contribution in [-0.2, 0) is 28.5 Å². The summed E-state index contributed by atoms with van der Waals surface area (Å²) in [7, 11) is 2.93. The average Bonchev–Trinajstić information content (AvgIpc) is 3.08. The Balaban J connectivity index is 1.66. The lowest BCUT2D eigenvalue weighted by Gasteiger charge is -2.42. The number of esters is 1. The number of aliphatic hydroxyl groups is 2. The zero-order valence-electron chi connectivity index (χ0n) is 14.3. The summed E-state index contributed by atoms with van der Waals surface area (Å²) in [6.07, 6.45) is -1.52. The first-order valence-corrected chi connectivity index (χ1v) is 8.93. The summed E-state index contributed by atoms with van der Waals surface area (Å²) in [6.45, 7) is 0.782. The number of carbonyl (C=O) groups is 1. The normalized spacial score (nSPS) is 54.9. The summed E-state index contributed by atoms with van der Waals surface area (Å²) in [5.74, 6) is -3.12. The monoisotopic (exact) mass is 356 g/mol. The molecule has 0 amide bonds. The Morgan fingerprint density at radius 3 is 2.52 bits per heavy atom. The number of fused-ring (bicyclic) bond motifs is 1. The van der Waals surface area contributed by atoms with Crippen LogP contribution in [-0.4, -0.2) is 79.4 Å². The Labute approximate surface area is 145 Å². The van der Waals surface area contributed by atoms with Crippen LogP contribution in [0.2, 0.25) is 0 Å². The van der Waals surface area contributed by atoms with Gasteiger partial charge in [-0.05, 0) is 12.3 Å². The van der Waals surface area contributed by atoms with Crippen molar-refractivity contribution in [1.82, 2.24) is 0 Å². The predicted octanol–water partition coefficient (Wildman–Crippen LogP) is -0.937. The molecule has 8 nitrogen and oxygen atoms in total. The summed E-state index contributed by atoms with van der Waals surface area (Å²) in [5.41, 5.74) is -0.884. The third-order valence-corrected chi connectivity index (χ3v) is 7.16. The number of carbonyl (C=O) groups excluding carboxylic acids is 1. The molecule has 0 radical (unpaired) electrons. The summed E-state index contributed by atoms with van der Waals surface area (Å²) in [6, 6.07) is 0. The molecule has 2 N–H and O–H groups in total. The standard InChI is InChI=1S/C17H24O8/c1-21-13-8-5-7-10(15(20)22-2)9(18)6-16(23-3-4-24-16)17(14(13)25-17)11(7)12(8)19/h7-14,18-19H,3-6H2,1-2H3/t7-,8-,9?,10?,11+,12?,13+,14+,17-/m0/s1. The molecular formula is C17H24O8. The minimum Gasteiger partial charge on any atom is -0.469 e. The van der Waals surface area contributed by atoms with Crippen LogP contribution >= 0.6 is 0 Å². The molecule has 5 rings (SSSR count). The molecule has 2 spiro atoms. The van der Waals surface area contributed by atoms with Crippen LogP contribution in [0.4, 0.5) is 0 Å². The summed E-state index contributed by atoms with van der Waals surface area (Å²) >= 11 is 0. The number of hydrogen-bond donors (Lipinski definition) is 2. The van der Waals surface area contributed by atoms with E-state index in [2.05, 4.69) is 0 Å². The predicted molar refractivity (Wildman–Crippen MR) is 80.3 cm³/mol. The fraction of sp³-hybridized carbons (Fsp3) is 0.941. The van der Waals surface area contributed by atoms with Gasteiger partial charge in [-0.25, -0.2) is 0 Å². The molecule has 3 aliphatic carbocycles. The molecule has 140 valence electrons. The highest BCUT2D eigenvalue weighted by molar-refractivity contribution is 5.74. The molecule has 2 bridgehead atoms. The van der Waals surface area contributed by atoms with E-state index < -0.39 is 35.5 Å². The molecule has 9 atom stereocenters. The molecule has 2 heterocycles. The van der Waals surface area contributed by atoms with E-state index >= 15 is 0 Å². The van der Waals surface area contributed by atoms with Crippen molar-refractivity contribution < 1.29 is 38.7 Å². The first kappa shape index (κ1) is 16.4. The molecule has 8 heteroatoms. The summed E-state index contributed by atoms with van der Waals surface area (Å²) < 4.78 is 28.8. The van der Waals surface area contributed by atoms with Crippen molar-refractivity contribution in [2.45, 2.75) is 48.6 Å².